The van der Waals surface area contributed by atoms with Crippen molar-refractivity contribution in [2.24, 2.45) is 5.92 Å². The molecule has 0 aliphatic heterocycles. The molecule has 9 heteroatoms. The van der Waals surface area contributed by atoms with E-state index >= 15 is 0 Å². The second kappa shape index (κ2) is 9.51. The number of fused-ring (bicyclic) bond motifs is 1. The van der Waals surface area contributed by atoms with Crippen LogP contribution in [-0.4, -0.2) is 32.8 Å². The zero-order valence-corrected chi connectivity index (χ0v) is 18.3. The van der Waals surface area contributed by atoms with Crippen LogP contribution in [0, 0.1) is 17.2 Å². The van der Waals surface area contributed by atoms with Crippen molar-refractivity contribution in [2.75, 3.05) is 13.7 Å². The first-order chi connectivity index (χ1) is 14.9. The van der Waals surface area contributed by atoms with Gasteiger partial charge in [0.2, 0.25) is 0 Å². The molecule has 0 radical (unpaired) electrons. The minimum Gasteiger partial charge on any atom is -0.493 e. The van der Waals surface area contributed by atoms with Crippen LogP contribution in [0.1, 0.15) is 33.6 Å². The van der Waals surface area contributed by atoms with E-state index in [0.29, 0.717) is 47.1 Å². The average Bonchev–Trinajstić information content (AvgIpc) is 3.10. The smallest absolute Gasteiger partial charge is 0.330 e. The monoisotopic (exact) mass is 425 g/mol. The minimum absolute atomic E-state index is 0.0966. The number of H-pyrrole nitrogens is 1. The molecule has 31 heavy (non-hydrogen) atoms. The molecule has 0 saturated heterocycles. The number of imidazole rings is 1. The van der Waals surface area contributed by atoms with Crippen molar-refractivity contribution in [1.82, 2.24) is 19.1 Å². The zero-order valence-electron chi connectivity index (χ0n) is 18.3. The molecule has 0 amide bonds. The Morgan fingerprint density at radius 2 is 2.00 bits per heavy atom. The quantitative estimate of drug-likeness (QED) is 0.564. The number of unbranched alkanes of at least 4 members (excludes halogenated alkanes) is 1. The highest BCUT2D eigenvalue weighted by molar-refractivity contribution is 5.77. The van der Waals surface area contributed by atoms with Gasteiger partial charge in [-0.25, -0.2) is 9.78 Å². The molecule has 164 valence electrons. The van der Waals surface area contributed by atoms with Gasteiger partial charge in [-0.15, -0.1) is 0 Å². The van der Waals surface area contributed by atoms with E-state index in [0.717, 1.165) is 12.8 Å². The second-order valence-electron chi connectivity index (χ2n) is 7.69. The van der Waals surface area contributed by atoms with Crippen molar-refractivity contribution in [3.8, 4) is 29.0 Å². The van der Waals surface area contributed by atoms with Gasteiger partial charge in [0, 0.05) is 18.7 Å². The fourth-order valence-electron chi connectivity index (χ4n) is 3.50. The summed E-state index contributed by atoms with van der Waals surface area (Å²) in [5.74, 6) is 1.70. The Kier molecular flexibility index (Phi) is 6.80. The summed E-state index contributed by atoms with van der Waals surface area (Å²) in [5, 5.41) is 8.77. The van der Waals surface area contributed by atoms with Gasteiger partial charge in [-0.1, -0.05) is 27.2 Å². The molecule has 0 bridgehead atoms. The number of hydrogen-bond donors (Lipinski definition) is 1. The van der Waals surface area contributed by atoms with Gasteiger partial charge in [0.1, 0.15) is 11.9 Å². The Morgan fingerprint density at radius 3 is 2.65 bits per heavy atom. The van der Waals surface area contributed by atoms with Gasteiger partial charge in [0.25, 0.3) is 5.56 Å². The number of aromatic nitrogens is 4. The second-order valence-corrected chi connectivity index (χ2v) is 7.69. The van der Waals surface area contributed by atoms with Gasteiger partial charge in [-0.2, -0.15) is 5.26 Å². The Morgan fingerprint density at radius 1 is 1.23 bits per heavy atom. The van der Waals surface area contributed by atoms with Crippen molar-refractivity contribution in [3.63, 3.8) is 0 Å². The van der Waals surface area contributed by atoms with E-state index in [1.165, 1.54) is 11.7 Å². The standard InChI is InChI=1S/C22H27N5O4/c1-5-6-10-26-20-18(21(28)25-22(26)29)27(13-14(2)3)19(24-20)15-7-8-16(31-11-9-23)17(12-15)30-4/h7-8,12,14H,5-6,10-11,13H2,1-4H3,(H,25,28,29). The molecule has 0 saturated carbocycles. The Bertz CT molecular complexity index is 1230. The molecule has 0 unspecified atom stereocenters. The molecule has 0 aliphatic carbocycles. The number of nitrogens with one attached hydrogen (secondary N) is 1. The van der Waals surface area contributed by atoms with Crippen LogP contribution in [-0.2, 0) is 13.1 Å². The maximum atomic E-state index is 12.8. The third-order valence-corrected chi connectivity index (χ3v) is 4.88. The molecule has 0 atom stereocenters. The summed E-state index contributed by atoms with van der Waals surface area (Å²) in [6.07, 6.45) is 1.71. The number of benzene rings is 1. The molecular formula is C22H27N5O4. The van der Waals surface area contributed by atoms with E-state index in [9.17, 15) is 9.59 Å². The summed E-state index contributed by atoms with van der Waals surface area (Å²) in [4.78, 5) is 32.4. The summed E-state index contributed by atoms with van der Waals surface area (Å²) in [6.45, 7) is 7.08. The lowest BCUT2D eigenvalue weighted by molar-refractivity contribution is 0.330. The minimum atomic E-state index is -0.454. The first kappa shape index (κ1) is 22.2. The van der Waals surface area contributed by atoms with E-state index < -0.39 is 11.2 Å². The van der Waals surface area contributed by atoms with Crippen molar-refractivity contribution in [1.29, 1.82) is 5.26 Å². The summed E-state index contributed by atoms with van der Waals surface area (Å²) in [6, 6.07) is 7.20. The average molecular weight is 425 g/mol. The zero-order chi connectivity index (χ0) is 22.5. The van der Waals surface area contributed by atoms with Crippen molar-refractivity contribution >= 4 is 11.2 Å². The summed E-state index contributed by atoms with van der Waals surface area (Å²) >= 11 is 0. The molecule has 3 aromatic rings. The lowest BCUT2D eigenvalue weighted by atomic mass is 10.1. The molecule has 1 aromatic carbocycles. The fourth-order valence-corrected chi connectivity index (χ4v) is 3.50. The number of aromatic amines is 1. The number of nitriles is 1. The maximum Gasteiger partial charge on any atom is 0.330 e. The van der Waals surface area contributed by atoms with E-state index in [2.05, 4.69) is 18.8 Å². The van der Waals surface area contributed by atoms with Crippen LogP contribution in [0.15, 0.2) is 27.8 Å². The van der Waals surface area contributed by atoms with E-state index in [1.807, 2.05) is 17.6 Å². The van der Waals surface area contributed by atoms with Gasteiger partial charge < -0.3 is 14.0 Å². The molecular weight excluding hydrogens is 398 g/mol. The molecule has 0 spiro atoms. The highest BCUT2D eigenvalue weighted by Crippen LogP contribution is 2.33. The van der Waals surface area contributed by atoms with Crippen molar-refractivity contribution in [2.45, 2.75) is 46.7 Å². The van der Waals surface area contributed by atoms with Gasteiger partial charge in [-0.3, -0.25) is 14.3 Å². The highest BCUT2D eigenvalue weighted by Gasteiger charge is 2.21. The first-order valence-electron chi connectivity index (χ1n) is 10.3. The number of ether oxygens (including phenoxy) is 2. The predicted octanol–water partition coefficient (Wildman–Crippen LogP) is 2.92. The lowest BCUT2D eigenvalue weighted by Gasteiger charge is -2.13. The number of nitrogens with zero attached hydrogens (tertiary/aromatic N) is 4. The van der Waals surface area contributed by atoms with E-state index in [4.69, 9.17) is 19.7 Å². The summed E-state index contributed by atoms with van der Waals surface area (Å²) in [7, 11) is 1.52. The summed E-state index contributed by atoms with van der Waals surface area (Å²) in [5.41, 5.74) is 0.564. The SMILES string of the molecule is CCCCn1c(=O)[nH]c(=O)c2c1nc(-c1ccc(OCC#N)c(OC)c1)n2CC(C)C. The van der Waals surface area contributed by atoms with E-state index in [1.54, 1.807) is 18.2 Å². The molecule has 3 rings (SSSR count). The largest absolute Gasteiger partial charge is 0.493 e. The van der Waals surface area contributed by atoms with Crippen molar-refractivity contribution < 1.29 is 9.47 Å². The third kappa shape index (κ3) is 4.48. The number of methoxy groups -OCH3 is 1. The topological polar surface area (TPSA) is 115 Å². The van der Waals surface area contributed by atoms with Gasteiger partial charge >= 0.3 is 5.69 Å². The maximum absolute atomic E-state index is 12.8. The Balaban J connectivity index is 2.27. The van der Waals surface area contributed by atoms with Crippen LogP contribution in [0.2, 0.25) is 0 Å². The lowest BCUT2D eigenvalue weighted by Crippen LogP contribution is -2.31. The third-order valence-electron chi connectivity index (χ3n) is 4.88. The number of aryl methyl sites for hydroxylation is 1. The van der Waals surface area contributed by atoms with E-state index in [-0.39, 0.29) is 12.5 Å². The fraction of sp³-hybridized carbons (Fsp3) is 0.455. The Hall–Kier alpha value is -3.54. The van der Waals surface area contributed by atoms with Crippen LogP contribution in [0.5, 0.6) is 11.5 Å². The normalized spacial score (nSPS) is 11.1. The van der Waals surface area contributed by atoms with Gasteiger partial charge in [0.05, 0.1) is 7.11 Å². The molecule has 2 heterocycles. The first-order valence-corrected chi connectivity index (χ1v) is 10.3. The molecule has 2 aromatic heterocycles. The highest BCUT2D eigenvalue weighted by atomic mass is 16.5. The van der Waals surface area contributed by atoms with Gasteiger partial charge in [-0.05, 0) is 30.5 Å². The van der Waals surface area contributed by atoms with Crippen LogP contribution in [0.3, 0.4) is 0 Å². The van der Waals surface area contributed by atoms with Crippen LogP contribution in [0.4, 0.5) is 0 Å². The molecule has 0 fully saturated rings. The number of rotatable bonds is 9. The summed E-state index contributed by atoms with van der Waals surface area (Å²) < 4.78 is 14.2. The van der Waals surface area contributed by atoms with Crippen molar-refractivity contribution in [3.05, 3.63) is 39.0 Å². The van der Waals surface area contributed by atoms with Crippen LogP contribution >= 0.6 is 0 Å². The van der Waals surface area contributed by atoms with Crippen LogP contribution in [0.25, 0.3) is 22.6 Å². The molecule has 1 N–H and O–H groups in total. The number of hydrogen-bond acceptors (Lipinski definition) is 6. The van der Waals surface area contributed by atoms with Gasteiger partial charge in [0.15, 0.2) is 29.3 Å². The molecule has 9 nitrogen and oxygen atoms in total. The Labute approximate surface area is 179 Å². The molecule has 0 aliphatic rings. The van der Waals surface area contributed by atoms with Crippen LogP contribution < -0.4 is 20.7 Å². The predicted molar refractivity (Wildman–Crippen MR) is 117 cm³/mol.